The standard InChI is InChI=1S/C14H19N3O2/c1-5-6-19-14(18)11-7-15-17-8-10(4)16-13(17)12(11)9(2)3/h7-9H,5-6H2,1-4H3. The molecule has 0 bridgehead atoms. The fourth-order valence-corrected chi connectivity index (χ4v) is 2.07. The molecule has 0 aliphatic heterocycles. The van der Waals surface area contributed by atoms with E-state index in [2.05, 4.69) is 10.1 Å². The highest BCUT2D eigenvalue weighted by molar-refractivity contribution is 5.92. The summed E-state index contributed by atoms with van der Waals surface area (Å²) < 4.78 is 6.92. The van der Waals surface area contributed by atoms with Crippen molar-refractivity contribution in [3.63, 3.8) is 0 Å². The van der Waals surface area contributed by atoms with E-state index in [0.29, 0.717) is 12.2 Å². The van der Waals surface area contributed by atoms with Gasteiger partial charge in [0, 0.05) is 5.56 Å². The number of carbonyl (C=O) groups excluding carboxylic acids is 1. The number of ether oxygens (including phenoxy) is 1. The molecular weight excluding hydrogens is 242 g/mol. The second-order valence-corrected chi connectivity index (χ2v) is 4.91. The lowest BCUT2D eigenvalue weighted by Crippen LogP contribution is -2.13. The summed E-state index contributed by atoms with van der Waals surface area (Å²) in [4.78, 5) is 16.5. The van der Waals surface area contributed by atoms with Crippen LogP contribution in [0.4, 0.5) is 0 Å². The lowest BCUT2D eigenvalue weighted by Gasteiger charge is -2.12. The van der Waals surface area contributed by atoms with Gasteiger partial charge in [-0.15, -0.1) is 0 Å². The van der Waals surface area contributed by atoms with E-state index in [-0.39, 0.29) is 11.9 Å². The van der Waals surface area contributed by atoms with E-state index in [9.17, 15) is 4.79 Å². The van der Waals surface area contributed by atoms with Crippen LogP contribution in [-0.4, -0.2) is 27.2 Å². The van der Waals surface area contributed by atoms with E-state index in [0.717, 1.165) is 23.3 Å². The van der Waals surface area contributed by atoms with Crippen molar-refractivity contribution in [3.8, 4) is 0 Å². The highest BCUT2D eigenvalue weighted by Crippen LogP contribution is 2.24. The van der Waals surface area contributed by atoms with Gasteiger partial charge in [-0.25, -0.2) is 14.3 Å². The van der Waals surface area contributed by atoms with Gasteiger partial charge >= 0.3 is 5.97 Å². The van der Waals surface area contributed by atoms with Crippen LogP contribution >= 0.6 is 0 Å². The minimum Gasteiger partial charge on any atom is -0.462 e. The fourth-order valence-electron chi connectivity index (χ4n) is 2.07. The monoisotopic (exact) mass is 261 g/mol. The smallest absolute Gasteiger partial charge is 0.340 e. The first-order valence-corrected chi connectivity index (χ1v) is 6.56. The van der Waals surface area contributed by atoms with Gasteiger partial charge in [-0.2, -0.15) is 5.10 Å². The number of hydrogen-bond donors (Lipinski definition) is 0. The van der Waals surface area contributed by atoms with E-state index in [1.54, 1.807) is 10.7 Å². The molecule has 0 amide bonds. The highest BCUT2D eigenvalue weighted by atomic mass is 16.5. The van der Waals surface area contributed by atoms with Crippen LogP contribution in [0.25, 0.3) is 5.65 Å². The number of fused-ring (bicyclic) bond motifs is 1. The molecule has 102 valence electrons. The average Bonchev–Trinajstić information content (AvgIpc) is 2.74. The zero-order chi connectivity index (χ0) is 14.0. The van der Waals surface area contributed by atoms with Gasteiger partial charge in [0.2, 0.25) is 0 Å². The first kappa shape index (κ1) is 13.5. The Bertz CT molecular complexity index is 602. The van der Waals surface area contributed by atoms with Crippen molar-refractivity contribution in [1.29, 1.82) is 0 Å². The Balaban J connectivity index is 2.54. The van der Waals surface area contributed by atoms with Crippen molar-refractivity contribution >= 4 is 11.6 Å². The molecule has 5 heteroatoms. The zero-order valence-corrected chi connectivity index (χ0v) is 11.8. The maximum atomic E-state index is 12.1. The first-order chi connectivity index (χ1) is 9.04. The van der Waals surface area contributed by atoms with E-state index >= 15 is 0 Å². The summed E-state index contributed by atoms with van der Waals surface area (Å²) in [5.41, 5.74) is 3.03. The number of esters is 1. The van der Waals surface area contributed by atoms with E-state index < -0.39 is 0 Å². The van der Waals surface area contributed by atoms with Crippen molar-refractivity contribution < 1.29 is 9.53 Å². The molecule has 19 heavy (non-hydrogen) atoms. The van der Waals surface area contributed by atoms with E-state index in [1.165, 1.54) is 0 Å². The van der Waals surface area contributed by atoms with Crippen molar-refractivity contribution in [3.05, 3.63) is 29.2 Å². The average molecular weight is 261 g/mol. The minimum absolute atomic E-state index is 0.177. The molecule has 0 saturated heterocycles. The number of imidazole rings is 1. The number of aryl methyl sites for hydroxylation is 1. The van der Waals surface area contributed by atoms with Crippen molar-refractivity contribution in [2.75, 3.05) is 6.61 Å². The van der Waals surface area contributed by atoms with Gasteiger partial charge in [0.15, 0.2) is 5.65 Å². The summed E-state index contributed by atoms with van der Waals surface area (Å²) in [6.45, 7) is 8.38. The Kier molecular flexibility index (Phi) is 3.83. The molecule has 5 nitrogen and oxygen atoms in total. The molecule has 2 aromatic heterocycles. The molecule has 0 aliphatic rings. The highest BCUT2D eigenvalue weighted by Gasteiger charge is 2.20. The Morgan fingerprint density at radius 3 is 2.84 bits per heavy atom. The molecule has 0 aliphatic carbocycles. The van der Waals surface area contributed by atoms with Crippen LogP contribution in [0.3, 0.4) is 0 Å². The molecule has 0 spiro atoms. The Morgan fingerprint density at radius 1 is 1.47 bits per heavy atom. The summed E-state index contributed by atoms with van der Waals surface area (Å²) in [6, 6.07) is 0. The van der Waals surface area contributed by atoms with Crippen LogP contribution in [-0.2, 0) is 4.74 Å². The molecule has 0 aromatic carbocycles. The van der Waals surface area contributed by atoms with Crippen LogP contribution in [0.2, 0.25) is 0 Å². The third-order valence-corrected chi connectivity index (χ3v) is 2.89. The number of rotatable bonds is 4. The molecule has 0 fully saturated rings. The Hall–Kier alpha value is -1.91. The van der Waals surface area contributed by atoms with Gasteiger partial charge in [-0.05, 0) is 19.3 Å². The van der Waals surface area contributed by atoms with Crippen LogP contribution < -0.4 is 0 Å². The number of hydrogen-bond acceptors (Lipinski definition) is 4. The van der Waals surface area contributed by atoms with Crippen LogP contribution in [0.15, 0.2) is 12.4 Å². The number of carbonyl (C=O) groups is 1. The SMILES string of the molecule is CCCOC(=O)c1cnn2cc(C)nc2c1C(C)C. The Labute approximate surface area is 112 Å². The summed E-state index contributed by atoms with van der Waals surface area (Å²) in [6.07, 6.45) is 4.23. The first-order valence-electron chi connectivity index (χ1n) is 6.56. The molecule has 0 atom stereocenters. The molecule has 0 radical (unpaired) electrons. The van der Waals surface area contributed by atoms with Gasteiger partial charge in [0.25, 0.3) is 0 Å². The molecule has 2 heterocycles. The molecule has 0 unspecified atom stereocenters. The largest absolute Gasteiger partial charge is 0.462 e. The maximum Gasteiger partial charge on any atom is 0.340 e. The minimum atomic E-state index is -0.318. The molecule has 2 rings (SSSR count). The maximum absolute atomic E-state index is 12.1. The van der Waals surface area contributed by atoms with Gasteiger partial charge in [-0.3, -0.25) is 0 Å². The van der Waals surface area contributed by atoms with E-state index in [4.69, 9.17) is 4.74 Å². The second kappa shape index (κ2) is 5.38. The quantitative estimate of drug-likeness (QED) is 0.794. The van der Waals surface area contributed by atoms with Crippen molar-refractivity contribution in [2.45, 2.75) is 40.0 Å². The van der Waals surface area contributed by atoms with Crippen LogP contribution in [0, 0.1) is 6.92 Å². The predicted molar refractivity (Wildman–Crippen MR) is 72.4 cm³/mol. The number of nitrogens with zero attached hydrogens (tertiary/aromatic N) is 3. The van der Waals surface area contributed by atoms with Crippen LogP contribution in [0.5, 0.6) is 0 Å². The summed E-state index contributed by atoms with van der Waals surface area (Å²) in [7, 11) is 0. The van der Waals surface area contributed by atoms with Gasteiger partial charge in [0.1, 0.15) is 0 Å². The zero-order valence-electron chi connectivity index (χ0n) is 11.8. The van der Waals surface area contributed by atoms with E-state index in [1.807, 2.05) is 33.9 Å². The molecule has 2 aromatic rings. The second-order valence-electron chi connectivity index (χ2n) is 4.91. The lowest BCUT2D eigenvalue weighted by atomic mass is 10.00. The Morgan fingerprint density at radius 2 is 2.21 bits per heavy atom. The van der Waals surface area contributed by atoms with Gasteiger partial charge in [0.05, 0.1) is 30.3 Å². The normalized spacial score (nSPS) is 11.2. The summed E-state index contributed by atoms with van der Waals surface area (Å²) >= 11 is 0. The fraction of sp³-hybridized carbons (Fsp3) is 0.500. The lowest BCUT2D eigenvalue weighted by molar-refractivity contribution is 0.0502. The predicted octanol–water partition coefficient (Wildman–Crippen LogP) is 2.73. The van der Waals surface area contributed by atoms with Crippen LogP contribution in [0.1, 0.15) is 54.7 Å². The third kappa shape index (κ3) is 2.59. The van der Waals surface area contributed by atoms with Gasteiger partial charge in [-0.1, -0.05) is 20.8 Å². The molecular formula is C14H19N3O2. The van der Waals surface area contributed by atoms with Crippen molar-refractivity contribution in [1.82, 2.24) is 14.6 Å². The number of aromatic nitrogens is 3. The van der Waals surface area contributed by atoms with Crippen molar-refractivity contribution in [2.24, 2.45) is 0 Å². The summed E-state index contributed by atoms with van der Waals surface area (Å²) in [5.74, 6) is -0.141. The van der Waals surface area contributed by atoms with Gasteiger partial charge < -0.3 is 4.74 Å². The molecule has 0 saturated carbocycles. The summed E-state index contributed by atoms with van der Waals surface area (Å²) in [5, 5.41) is 4.23. The third-order valence-electron chi connectivity index (χ3n) is 2.89. The topological polar surface area (TPSA) is 56.5 Å². The molecule has 0 N–H and O–H groups in total.